The summed E-state index contributed by atoms with van der Waals surface area (Å²) in [7, 11) is 1.50. The average Bonchev–Trinajstić information content (AvgIpc) is 3.12. The molecular formula is C26H21ClN2O5. The standard InChI is InChI=1S/C26H21ClN2O5/c1-16-21(25(30)29(28-16)20-6-4-3-5-7-20)12-18-13-22(27)24(23(14-18)33-2)34-15-17-8-10-19(11-9-17)26(31)32/h3-14H,15H2,1-2H3,(H,31,32)/b21-12+. The number of carbonyl (C=O) groups excluding carboxylic acids is 1. The van der Waals surface area contributed by atoms with Crippen LogP contribution in [0.5, 0.6) is 11.5 Å². The van der Waals surface area contributed by atoms with Crippen LogP contribution in [-0.2, 0) is 11.4 Å². The number of carbonyl (C=O) groups is 2. The van der Waals surface area contributed by atoms with Crippen LogP contribution in [0.3, 0.4) is 0 Å². The first-order valence-electron chi connectivity index (χ1n) is 10.4. The molecular weight excluding hydrogens is 456 g/mol. The predicted molar refractivity (Wildman–Crippen MR) is 131 cm³/mol. The number of hydrogen-bond acceptors (Lipinski definition) is 5. The number of aromatic carboxylic acids is 1. The van der Waals surface area contributed by atoms with E-state index in [1.54, 1.807) is 37.3 Å². The Hall–Kier alpha value is -4.10. The van der Waals surface area contributed by atoms with Crippen molar-refractivity contribution in [3.05, 3.63) is 94.0 Å². The number of rotatable bonds is 7. The van der Waals surface area contributed by atoms with Crippen LogP contribution >= 0.6 is 11.6 Å². The van der Waals surface area contributed by atoms with E-state index in [2.05, 4.69) is 5.10 Å². The summed E-state index contributed by atoms with van der Waals surface area (Å²) in [6.45, 7) is 1.95. The number of methoxy groups -OCH3 is 1. The molecule has 0 saturated heterocycles. The fourth-order valence-electron chi connectivity index (χ4n) is 3.46. The second kappa shape index (κ2) is 9.80. The van der Waals surface area contributed by atoms with Crippen LogP contribution in [0.2, 0.25) is 5.02 Å². The molecule has 3 aromatic rings. The monoisotopic (exact) mass is 476 g/mol. The second-order valence-electron chi connectivity index (χ2n) is 7.52. The van der Waals surface area contributed by atoms with Crippen molar-refractivity contribution in [3.63, 3.8) is 0 Å². The zero-order valence-corrected chi connectivity index (χ0v) is 19.2. The Bertz CT molecular complexity index is 1300. The molecule has 7 nitrogen and oxygen atoms in total. The van der Waals surface area contributed by atoms with E-state index in [9.17, 15) is 9.59 Å². The molecule has 172 valence electrons. The number of halogens is 1. The van der Waals surface area contributed by atoms with Crippen molar-refractivity contribution in [2.75, 3.05) is 12.1 Å². The number of anilines is 1. The van der Waals surface area contributed by atoms with E-state index >= 15 is 0 Å². The highest BCUT2D eigenvalue weighted by Gasteiger charge is 2.28. The Labute approximate surface area is 201 Å². The first kappa shape index (κ1) is 23.1. The fraction of sp³-hybridized carbons (Fsp3) is 0.115. The van der Waals surface area contributed by atoms with Gasteiger partial charge in [-0.2, -0.15) is 10.1 Å². The summed E-state index contributed by atoms with van der Waals surface area (Å²) in [6, 6.07) is 19.0. The Morgan fingerprint density at radius 2 is 1.82 bits per heavy atom. The molecule has 4 rings (SSSR count). The SMILES string of the molecule is COc1cc(/C=C2/C(=O)N(c3ccccc3)N=C2C)cc(Cl)c1OCc1ccc(C(=O)O)cc1. The largest absolute Gasteiger partial charge is 0.493 e. The smallest absolute Gasteiger partial charge is 0.335 e. The topological polar surface area (TPSA) is 88.4 Å². The first-order valence-corrected chi connectivity index (χ1v) is 10.7. The third-order valence-corrected chi connectivity index (χ3v) is 5.49. The highest BCUT2D eigenvalue weighted by molar-refractivity contribution is 6.33. The minimum atomic E-state index is -0.991. The summed E-state index contributed by atoms with van der Waals surface area (Å²) in [4.78, 5) is 24.0. The highest BCUT2D eigenvalue weighted by Crippen LogP contribution is 2.38. The third-order valence-electron chi connectivity index (χ3n) is 5.21. The van der Waals surface area contributed by atoms with E-state index in [-0.39, 0.29) is 18.1 Å². The highest BCUT2D eigenvalue weighted by atomic mass is 35.5. The number of hydrogen-bond donors (Lipinski definition) is 1. The Morgan fingerprint density at radius 3 is 2.47 bits per heavy atom. The maximum atomic E-state index is 13.0. The van der Waals surface area contributed by atoms with Gasteiger partial charge in [-0.25, -0.2) is 4.79 Å². The van der Waals surface area contributed by atoms with E-state index in [4.69, 9.17) is 26.2 Å². The molecule has 3 aromatic carbocycles. The summed E-state index contributed by atoms with van der Waals surface area (Å²) in [5.74, 6) is -0.470. The number of nitrogens with zero attached hydrogens (tertiary/aromatic N) is 2. The fourth-order valence-corrected chi connectivity index (χ4v) is 3.73. The molecule has 0 saturated carbocycles. The average molecular weight is 477 g/mol. The van der Waals surface area contributed by atoms with Crippen LogP contribution in [0.1, 0.15) is 28.4 Å². The van der Waals surface area contributed by atoms with Crippen molar-refractivity contribution >= 4 is 41.0 Å². The van der Waals surface area contributed by atoms with Gasteiger partial charge in [0.25, 0.3) is 5.91 Å². The maximum absolute atomic E-state index is 13.0. The molecule has 8 heteroatoms. The first-order chi connectivity index (χ1) is 16.4. The number of ether oxygens (including phenoxy) is 2. The Balaban J connectivity index is 1.56. The van der Waals surface area contributed by atoms with Crippen molar-refractivity contribution in [1.82, 2.24) is 0 Å². The van der Waals surface area contributed by atoms with Crippen LogP contribution < -0.4 is 14.5 Å². The summed E-state index contributed by atoms with van der Waals surface area (Å²) in [6.07, 6.45) is 1.72. The van der Waals surface area contributed by atoms with Crippen molar-refractivity contribution < 1.29 is 24.2 Å². The summed E-state index contributed by atoms with van der Waals surface area (Å²) in [5.41, 5.74) is 3.36. The van der Waals surface area contributed by atoms with Gasteiger partial charge in [0.1, 0.15) is 6.61 Å². The molecule has 0 unspecified atom stereocenters. The zero-order chi connectivity index (χ0) is 24.2. The number of hydrazone groups is 1. The summed E-state index contributed by atoms with van der Waals surface area (Å²) < 4.78 is 11.3. The molecule has 0 bridgehead atoms. The second-order valence-corrected chi connectivity index (χ2v) is 7.93. The molecule has 0 atom stereocenters. The number of carboxylic acids is 1. The number of carboxylic acid groups (broad SMARTS) is 1. The van der Waals surface area contributed by atoms with Crippen LogP contribution in [0.25, 0.3) is 6.08 Å². The maximum Gasteiger partial charge on any atom is 0.335 e. The van der Waals surface area contributed by atoms with E-state index < -0.39 is 5.97 Å². The lowest BCUT2D eigenvalue weighted by atomic mass is 10.1. The molecule has 34 heavy (non-hydrogen) atoms. The van der Waals surface area contributed by atoms with E-state index in [1.165, 1.54) is 24.3 Å². The quantitative estimate of drug-likeness (QED) is 0.459. The lowest BCUT2D eigenvalue weighted by Crippen LogP contribution is -2.21. The van der Waals surface area contributed by atoms with E-state index in [0.29, 0.717) is 39.1 Å². The Morgan fingerprint density at radius 1 is 1.12 bits per heavy atom. The van der Waals surface area contributed by atoms with Crippen LogP contribution in [-0.4, -0.2) is 29.8 Å². The minimum Gasteiger partial charge on any atom is -0.493 e. The number of para-hydroxylation sites is 1. The molecule has 0 aliphatic carbocycles. The molecule has 0 radical (unpaired) electrons. The number of benzene rings is 3. The molecule has 0 spiro atoms. The molecule has 1 aliphatic rings. The van der Waals surface area contributed by atoms with Gasteiger partial charge in [0.15, 0.2) is 11.5 Å². The molecule has 1 heterocycles. The predicted octanol–water partition coefficient (Wildman–Crippen LogP) is 5.43. The minimum absolute atomic E-state index is 0.173. The van der Waals surface area contributed by atoms with Gasteiger partial charge in [0.05, 0.1) is 34.7 Å². The van der Waals surface area contributed by atoms with Gasteiger partial charge in [0, 0.05) is 0 Å². The lowest BCUT2D eigenvalue weighted by Gasteiger charge is -2.14. The summed E-state index contributed by atoms with van der Waals surface area (Å²) >= 11 is 6.49. The van der Waals surface area contributed by atoms with Crippen molar-refractivity contribution in [3.8, 4) is 11.5 Å². The molecule has 0 aromatic heterocycles. The van der Waals surface area contributed by atoms with E-state index in [1.807, 2.05) is 30.3 Å². The van der Waals surface area contributed by atoms with Gasteiger partial charge >= 0.3 is 5.97 Å². The van der Waals surface area contributed by atoms with Gasteiger partial charge in [0.2, 0.25) is 0 Å². The van der Waals surface area contributed by atoms with Gasteiger partial charge in [-0.3, -0.25) is 4.79 Å². The molecule has 1 aliphatic heterocycles. The third kappa shape index (κ3) is 4.79. The van der Waals surface area contributed by atoms with Crippen LogP contribution in [0.15, 0.2) is 77.4 Å². The normalized spacial score (nSPS) is 14.3. The van der Waals surface area contributed by atoms with Gasteiger partial charge in [-0.05, 0) is 60.5 Å². The van der Waals surface area contributed by atoms with Gasteiger partial charge < -0.3 is 14.6 Å². The molecule has 0 fully saturated rings. The van der Waals surface area contributed by atoms with Crippen LogP contribution in [0.4, 0.5) is 5.69 Å². The zero-order valence-electron chi connectivity index (χ0n) is 18.5. The van der Waals surface area contributed by atoms with Gasteiger partial charge in [-0.15, -0.1) is 0 Å². The van der Waals surface area contributed by atoms with Crippen LogP contribution in [0, 0.1) is 0 Å². The van der Waals surface area contributed by atoms with Crippen molar-refractivity contribution in [2.45, 2.75) is 13.5 Å². The lowest BCUT2D eigenvalue weighted by molar-refractivity contribution is -0.114. The number of amides is 1. The summed E-state index contributed by atoms with van der Waals surface area (Å²) in [5, 5.41) is 15.1. The van der Waals surface area contributed by atoms with Gasteiger partial charge in [-0.1, -0.05) is 41.9 Å². The Kier molecular flexibility index (Phi) is 6.65. The van der Waals surface area contributed by atoms with Crippen molar-refractivity contribution in [1.29, 1.82) is 0 Å². The molecule has 1 amide bonds. The van der Waals surface area contributed by atoms with Crippen molar-refractivity contribution in [2.24, 2.45) is 5.10 Å². The molecule has 1 N–H and O–H groups in total. The van der Waals surface area contributed by atoms with E-state index in [0.717, 1.165) is 5.56 Å².